The van der Waals surface area contributed by atoms with Crippen LogP contribution in [0.1, 0.15) is 12.5 Å². The minimum absolute atomic E-state index is 0.575. The molecule has 1 aliphatic heterocycles. The number of hydrogen-bond acceptors (Lipinski definition) is 6. The topological polar surface area (TPSA) is 53.0 Å². The highest BCUT2D eigenvalue weighted by Gasteiger charge is 2.23. The van der Waals surface area contributed by atoms with Gasteiger partial charge in [-0.2, -0.15) is 0 Å². The molecule has 0 fully saturated rings. The molecular weight excluding hydrogens is 332 g/mol. The number of carbonyl (C=O) groups is 1. The quantitative estimate of drug-likeness (QED) is 0.846. The van der Waals surface area contributed by atoms with Gasteiger partial charge in [-0.3, -0.25) is 4.31 Å². The second-order valence-electron chi connectivity index (χ2n) is 5.50. The lowest BCUT2D eigenvalue weighted by Crippen LogP contribution is -2.34. The van der Waals surface area contributed by atoms with Crippen LogP contribution in [0.3, 0.4) is 0 Å². The maximum Gasteiger partial charge on any atom is 0.344 e. The fourth-order valence-electron chi connectivity index (χ4n) is 2.28. The predicted molar refractivity (Wildman–Crippen MR) is 94.8 cm³/mol. The smallest absolute Gasteiger partial charge is 0.344 e. The Hall–Kier alpha value is -1.86. The first-order valence-electron chi connectivity index (χ1n) is 7.19. The Balaban J connectivity index is 1.82. The minimum atomic E-state index is -0.968. The van der Waals surface area contributed by atoms with Crippen molar-refractivity contribution in [2.24, 2.45) is 0 Å². The Morgan fingerprint density at radius 3 is 2.83 bits per heavy atom. The third-order valence-electron chi connectivity index (χ3n) is 3.51. The first-order valence-corrected chi connectivity index (χ1v) is 8.84. The molecular formula is C16H18N2O3S2. The van der Waals surface area contributed by atoms with E-state index in [4.69, 9.17) is 9.84 Å². The van der Waals surface area contributed by atoms with Crippen molar-refractivity contribution in [2.45, 2.75) is 24.8 Å². The van der Waals surface area contributed by atoms with E-state index >= 15 is 0 Å². The number of ether oxygens (including phenoxy) is 1. The number of carboxylic acids is 1. The highest BCUT2D eigenvalue weighted by Crippen LogP contribution is 2.43. The first-order chi connectivity index (χ1) is 10.9. The average Bonchev–Trinajstić information content (AvgIpc) is 2.94. The molecule has 0 saturated carbocycles. The summed E-state index contributed by atoms with van der Waals surface area (Å²) in [6, 6.07) is 7.89. The molecule has 1 N–H and O–H groups in total. The largest absolute Gasteiger partial charge is 0.479 e. The summed E-state index contributed by atoms with van der Waals surface area (Å²) in [5.74, 6) is -0.392. The van der Waals surface area contributed by atoms with Gasteiger partial charge in [-0.05, 0) is 54.9 Å². The molecule has 2 heterocycles. The van der Waals surface area contributed by atoms with Crippen LogP contribution in [0.2, 0.25) is 0 Å². The normalized spacial score (nSPS) is 15.3. The molecule has 0 radical (unpaired) electrons. The molecule has 1 aliphatic rings. The summed E-state index contributed by atoms with van der Waals surface area (Å²) in [5.41, 5.74) is 2.32. The van der Waals surface area contributed by atoms with Gasteiger partial charge in [-0.15, -0.1) is 11.3 Å². The molecule has 0 unspecified atom stereocenters. The number of nitrogens with zero attached hydrogens (tertiary/aromatic N) is 2. The number of aliphatic carboxylic acids is 1. The lowest BCUT2D eigenvalue weighted by atomic mass is 10.2. The Labute approximate surface area is 143 Å². The van der Waals surface area contributed by atoms with E-state index in [1.54, 1.807) is 23.3 Å². The molecule has 0 spiro atoms. The number of rotatable bonds is 4. The molecule has 0 amide bonds. The standard InChI is InChI=1S/C16H18N2O3S2/c1-10-6-15(22-8-10)18-9-17(3)13-7-12(4-5-14(13)23-18)21-11(2)16(19)20/h4-8,11H,9H2,1-3H3,(H,19,20)/t11-/m1/s1. The van der Waals surface area contributed by atoms with Crippen molar-refractivity contribution in [3.05, 3.63) is 35.2 Å². The molecule has 0 bridgehead atoms. The van der Waals surface area contributed by atoms with E-state index in [0.29, 0.717) is 5.75 Å². The second kappa shape index (κ2) is 6.33. The van der Waals surface area contributed by atoms with Gasteiger partial charge in [0, 0.05) is 13.1 Å². The minimum Gasteiger partial charge on any atom is -0.479 e. The highest BCUT2D eigenvalue weighted by atomic mass is 32.2. The zero-order chi connectivity index (χ0) is 16.6. The Morgan fingerprint density at radius 2 is 2.17 bits per heavy atom. The molecule has 2 aromatic rings. The van der Waals surface area contributed by atoms with Gasteiger partial charge in [0.2, 0.25) is 0 Å². The van der Waals surface area contributed by atoms with Crippen LogP contribution < -0.4 is 13.9 Å². The summed E-state index contributed by atoms with van der Waals surface area (Å²) in [5, 5.41) is 12.3. The van der Waals surface area contributed by atoms with Gasteiger partial charge in [0.1, 0.15) is 17.4 Å². The fraction of sp³-hybridized carbons (Fsp3) is 0.312. The van der Waals surface area contributed by atoms with Gasteiger partial charge < -0.3 is 14.7 Å². The summed E-state index contributed by atoms with van der Waals surface area (Å²) in [4.78, 5) is 14.2. The number of carboxylic acid groups (broad SMARTS) is 1. The highest BCUT2D eigenvalue weighted by molar-refractivity contribution is 8.01. The van der Waals surface area contributed by atoms with Crippen LogP contribution in [0, 0.1) is 6.92 Å². The first kappa shape index (κ1) is 16.0. The van der Waals surface area contributed by atoms with Crippen molar-refractivity contribution >= 4 is 39.9 Å². The maximum absolute atomic E-state index is 10.9. The van der Waals surface area contributed by atoms with E-state index in [0.717, 1.165) is 17.3 Å². The lowest BCUT2D eigenvalue weighted by molar-refractivity contribution is -0.144. The van der Waals surface area contributed by atoms with Crippen molar-refractivity contribution in [3.8, 4) is 5.75 Å². The zero-order valence-electron chi connectivity index (χ0n) is 13.1. The van der Waals surface area contributed by atoms with E-state index in [9.17, 15) is 4.79 Å². The summed E-state index contributed by atoms with van der Waals surface area (Å²) in [7, 11) is 2.02. The van der Waals surface area contributed by atoms with Gasteiger partial charge in [0.15, 0.2) is 6.10 Å². The molecule has 7 heteroatoms. The van der Waals surface area contributed by atoms with E-state index in [1.165, 1.54) is 17.5 Å². The van der Waals surface area contributed by atoms with Gasteiger partial charge in [-0.25, -0.2) is 4.79 Å². The zero-order valence-corrected chi connectivity index (χ0v) is 14.8. The molecule has 1 atom stereocenters. The van der Waals surface area contributed by atoms with Crippen LogP contribution in [0.4, 0.5) is 10.7 Å². The van der Waals surface area contributed by atoms with Gasteiger partial charge in [-0.1, -0.05) is 0 Å². The summed E-state index contributed by atoms with van der Waals surface area (Å²) in [6.45, 7) is 4.39. The SMILES string of the molecule is Cc1csc(N2CN(C)c3cc(O[C@H](C)C(=O)O)ccc3S2)c1. The number of hydrogen-bond donors (Lipinski definition) is 1. The van der Waals surface area contributed by atoms with Crippen LogP contribution in [0.25, 0.3) is 0 Å². The fourth-order valence-corrected chi connectivity index (χ4v) is 4.37. The predicted octanol–water partition coefficient (Wildman–Crippen LogP) is 3.83. The number of benzene rings is 1. The van der Waals surface area contributed by atoms with Crippen LogP contribution in [-0.2, 0) is 4.79 Å². The number of anilines is 2. The monoisotopic (exact) mass is 350 g/mol. The average molecular weight is 350 g/mol. The summed E-state index contributed by atoms with van der Waals surface area (Å²) in [6.07, 6.45) is -0.861. The Bertz CT molecular complexity index is 732. The number of fused-ring (bicyclic) bond motifs is 1. The third kappa shape index (κ3) is 3.40. The Morgan fingerprint density at radius 1 is 1.39 bits per heavy atom. The molecule has 5 nitrogen and oxygen atoms in total. The molecule has 3 rings (SSSR count). The number of aryl methyl sites for hydroxylation is 1. The van der Waals surface area contributed by atoms with Crippen molar-refractivity contribution in [1.82, 2.24) is 0 Å². The maximum atomic E-state index is 10.9. The van der Waals surface area contributed by atoms with Crippen LogP contribution >= 0.6 is 23.3 Å². The third-order valence-corrected chi connectivity index (χ3v) is 5.77. The molecule has 1 aromatic heterocycles. The molecule has 0 saturated heterocycles. The van der Waals surface area contributed by atoms with E-state index in [2.05, 4.69) is 27.6 Å². The Kier molecular flexibility index (Phi) is 4.41. The van der Waals surface area contributed by atoms with Gasteiger partial charge in [0.25, 0.3) is 0 Å². The summed E-state index contributed by atoms with van der Waals surface area (Å²) < 4.78 is 7.71. The second-order valence-corrected chi connectivity index (χ2v) is 7.45. The van der Waals surface area contributed by atoms with Crippen LogP contribution in [0.5, 0.6) is 5.75 Å². The summed E-state index contributed by atoms with van der Waals surface area (Å²) >= 11 is 3.43. The van der Waals surface area contributed by atoms with Crippen molar-refractivity contribution < 1.29 is 14.6 Å². The van der Waals surface area contributed by atoms with Crippen molar-refractivity contribution in [2.75, 3.05) is 22.9 Å². The van der Waals surface area contributed by atoms with Gasteiger partial charge >= 0.3 is 5.97 Å². The molecule has 122 valence electrons. The van der Waals surface area contributed by atoms with Crippen LogP contribution in [0.15, 0.2) is 34.5 Å². The number of thiophene rings is 1. The van der Waals surface area contributed by atoms with E-state index < -0.39 is 12.1 Å². The van der Waals surface area contributed by atoms with Crippen molar-refractivity contribution in [3.63, 3.8) is 0 Å². The van der Waals surface area contributed by atoms with E-state index in [1.807, 2.05) is 25.2 Å². The van der Waals surface area contributed by atoms with E-state index in [-0.39, 0.29) is 0 Å². The molecule has 1 aromatic carbocycles. The molecule has 0 aliphatic carbocycles. The lowest BCUT2D eigenvalue weighted by Gasteiger charge is -2.35. The van der Waals surface area contributed by atoms with Gasteiger partial charge in [0.05, 0.1) is 10.6 Å². The van der Waals surface area contributed by atoms with Crippen molar-refractivity contribution in [1.29, 1.82) is 0 Å². The van der Waals surface area contributed by atoms with Crippen LogP contribution in [-0.4, -0.2) is 30.9 Å². The molecule has 23 heavy (non-hydrogen) atoms.